The maximum Gasteiger partial charge on any atom is 0.229 e. The van der Waals surface area contributed by atoms with E-state index in [-0.39, 0.29) is 11.2 Å². The normalized spacial score (nSPS) is 19.9. The quantitative estimate of drug-likeness (QED) is 0.744. The number of rotatable bonds is 1. The number of hydrogen-bond donors (Lipinski definition) is 1. The molecule has 1 unspecified atom stereocenters. The lowest BCUT2D eigenvalue weighted by Gasteiger charge is -2.15. The van der Waals surface area contributed by atoms with Gasteiger partial charge in [-0.25, -0.2) is 4.98 Å². The number of nitrogens with zero attached hydrogens (tertiary/aromatic N) is 3. The topological polar surface area (TPSA) is 57.0 Å². The summed E-state index contributed by atoms with van der Waals surface area (Å²) in [4.78, 5) is 17.5. The van der Waals surface area contributed by atoms with Crippen LogP contribution in [0, 0.1) is 18.3 Å². The van der Waals surface area contributed by atoms with Crippen molar-refractivity contribution in [2.24, 2.45) is 0 Å². The molecule has 1 atom stereocenters. The van der Waals surface area contributed by atoms with Crippen molar-refractivity contribution in [3.8, 4) is 6.07 Å². The molecule has 0 N–H and O–H groups in total. The zero-order valence-corrected chi connectivity index (χ0v) is 9.74. The molecule has 0 spiro atoms. The highest BCUT2D eigenvalue weighted by Gasteiger charge is 2.29. The van der Waals surface area contributed by atoms with Crippen molar-refractivity contribution in [1.29, 1.82) is 5.26 Å². The summed E-state index contributed by atoms with van der Waals surface area (Å²) in [5, 5.41) is 8.86. The summed E-state index contributed by atoms with van der Waals surface area (Å²) >= 11 is 4.28. The third kappa shape index (κ3) is 1.89. The highest BCUT2D eigenvalue weighted by molar-refractivity contribution is 7.81. The molecule has 82 valence electrons. The molecule has 1 fully saturated rings. The Balaban J connectivity index is 2.32. The van der Waals surface area contributed by atoms with Crippen LogP contribution in [0.3, 0.4) is 0 Å². The lowest BCUT2D eigenvalue weighted by atomic mass is 10.2. The molecule has 0 radical (unpaired) electrons. The van der Waals surface area contributed by atoms with Crippen LogP contribution in [-0.4, -0.2) is 22.7 Å². The highest BCUT2D eigenvalue weighted by Crippen LogP contribution is 2.23. The molecule has 0 saturated carbocycles. The SMILES string of the molecule is Cc1nc(N2CC(S)CC2=O)ccc1C#N. The van der Waals surface area contributed by atoms with Gasteiger partial charge in [0.2, 0.25) is 5.91 Å². The van der Waals surface area contributed by atoms with Crippen molar-refractivity contribution >= 4 is 24.4 Å². The molecule has 1 amide bonds. The predicted molar refractivity (Wildman–Crippen MR) is 63.4 cm³/mol. The molecule has 0 bridgehead atoms. The first-order valence-electron chi connectivity index (χ1n) is 4.98. The first-order chi connectivity index (χ1) is 7.61. The first-order valence-corrected chi connectivity index (χ1v) is 5.49. The Hall–Kier alpha value is -1.54. The Labute approximate surface area is 99.3 Å². The summed E-state index contributed by atoms with van der Waals surface area (Å²) in [6.07, 6.45) is 0.448. The first kappa shape index (κ1) is 11.0. The number of carbonyl (C=O) groups is 1. The van der Waals surface area contributed by atoms with Gasteiger partial charge in [0.15, 0.2) is 0 Å². The average Bonchev–Trinajstić information content (AvgIpc) is 2.58. The van der Waals surface area contributed by atoms with E-state index in [0.717, 1.165) is 0 Å². The molecular formula is C11H11N3OS. The minimum atomic E-state index is 0.0385. The number of aryl methyl sites for hydroxylation is 1. The molecule has 2 heterocycles. The largest absolute Gasteiger partial charge is 0.296 e. The molecule has 0 aromatic carbocycles. The van der Waals surface area contributed by atoms with Crippen LogP contribution in [0.15, 0.2) is 12.1 Å². The lowest BCUT2D eigenvalue weighted by Crippen LogP contribution is -2.25. The molecule has 4 nitrogen and oxygen atoms in total. The third-order valence-corrected chi connectivity index (χ3v) is 2.92. The molecule has 2 rings (SSSR count). The Morgan fingerprint density at radius 2 is 2.38 bits per heavy atom. The second-order valence-electron chi connectivity index (χ2n) is 3.78. The molecule has 1 aromatic rings. The molecule has 5 heteroatoms. The zero-order valence-electron chi connectivity index (χ0n) is 8.84. The molecule has 1 aliphatic rings. The predicted octanol–water partition coefficient (Wildman–Crippen LogP) is 1.30. The average molecular weight is 233 g/mol. The highest BCUT2D eigenvalue weighted by atomic mass is 32.1. The number of nitriles is 1. The molecular weight excluding hydrogens is 222 g/mol. The Morgan fingerprint density at radius 3 is 2.88 bits per heavy atom. The maximum atomic E-state index is 11.6. The monoisotopic (exact) mass is 233 g/mol. The fraction of sp³-hybridized carbons (Fsp3) is 0.364. The van der Waals surface area contributed by atoms with Crippen molar-refractivity contribution < 1.29 is 4.79 Å². The van der Waals surface area contributed by atoms with Crippen LogP contribution in [0.5, 0.6) is 0 Å². The van der Waals surface area contributed by atoms with E-state index in [1.54, 1.807) is 24.0 Å². The number of anilines is 1. The fourth-order valence-electron chi connectivity index (χ4n) is 1.73. The third-order valence-electron chi connectivity index (χ3n) is 2.57. The van der Waals surface area contributed by atoms with E-state index in [9.17, 15) is 4.79 Å². The standard InChI is InChI=1S/C11H11N3OS/c1-7-8(5-12)2-3-10(13-7)14-6-9(16)4-11(14)15/h2-3,9,16H,4,6H2,1H3. The van der Waals surface area contributed by atoms with Crippen molar-refractivity contribution in [1.82, 2.24) is 4.98 Å². The van der Waals surface area contributed by atoms with Crippen LogP contribution >= 0.6 is 12.6 Å². The van der Waals surface area contributed by atoms with Gasteiger partial charge in [-0.15, -0.1) is 0 Å². The molecule has 1 aliphatic heterocycles. The zero-order chi connectivity index (χ0) is 11.7. The van der Waals surface area contributed by atoms with Crippen LogP contribution in [0.2, 0.25) is 0 Å². The number of hydrogen-bond acceptors (Lipinski definition) is 4. The summed E-state index contributed by atoms with van der Waals surface area (Å²) in [5.41, 5.74) is 1.19. The van der Waals surface area contributed by atoms with Crippen LogP contribution in [-0.2, 0) is 4.79 Å². The van der Waals surface area contributed by atoms with E-state index in [0.29, 0.717) is 30.0 Å². The van der Waals surface area contributed by atoms with Gasteiger partial charge < -0.3 is 0 Å². The minimum absolute atomic E-state index is 0.0385. The Bertz CT molecular complexity index is 481. The van der Waals surface area contributed by atoms with E-state index in [4.69, 9.17) is 5.26 Å². The summed E-state index contributed by atoms with van der Waals surface area (Å²) in [7, 11) is 0. The van der Waals surface area contributed by atoms with Crippen molar-refractivity contribution in [2.45, 2.75) is 18.6 Å². The molecule has 16 heavy (non-hydrogen) atoms. The van der Waals surface area contributed by atoms with Crippen molar-refractivity contribution in [3.63, 3.8) is 0 Å². The van der Waals surface area contributed by atoms with Gasteiger partial charge in [-0.05, 0) is 19.1 Å². The summed E-state index contributed by atoms with van der Waals surface area (Å²) < 4.78 is 0. The summed E-state index contributed by atoms with van der Waals surface area (Å²) in [5.74, 6) is 0.648. The van der Waals surface area contributed by atoms with Gasteiger partial charge in [-0.3, -0.25) is 9.69 Å². The summed E-state index contributed by atoms with van der Waals surface area (Å²) in [6.45, 7) is 2.35. The number of amides is 1. The van der Waals surface area contributed by atoms with E-state index in [1.165, 1.54) is 0 Å². The van der Waals surface area contributed by atoms with Crippen molar-refractivity contribution in [3.05, 3.63) is 23.4 Å². The Morgan fingerprint density at radius 1 is 1.62 bits per heavy atom. The number of aromatic nitrogens is 1. The molecule has 1 aromatic heterocycles. The van der Waals surface area contributed by atoms with Crippen LogP contribution < -0.4 is 4.90 Å². The van der Waals surface area contributed by atoms with Crippen molar-refractivity contribution in [2.75, 3.05) is 11.4 Å². The van der Waals surface area contributed by atoms with Crippen LogP contribution in [0.25, 0.3) is 0 Å². The van der Waals surface area contributed by atoms with Crippen LogP contribution in [0.1, 0.15) is 17.7 Å². The molecule has 1 saturated heterocycles. The smallest absolute Gasteiger partial charge is 0.229 e. The van der Waals surface area contributed by atoms with Gasteiger partial charge in [0.25, 0.3) is 0 Å². The van der Waals surface area contributed by atoms with Gasteiger partial charge in [-0.2, -0.15) is 17.9 Å². The number of pyridine rings is 1. The lowest BCUT2D eigenvalue weighted by molar-refractivity contribution is -0.117. The second-order valence-corrected chi connectivity index (χ2v) is 4.51. The Kier molecular flexibility index (Phi) is 2.84. The fourth-order valence-corrected chi connectivity index (χ4v) is 2.05. The number of thiol groups is 1. The van der Waals surface area contributed by atoms with Gasteiger partial charge >= 0.3 is 0 Å². The van der Waals surface area contributed by atoms with Gasteiger partial charge in [-0.1, -0.05) is 0 Å². The van der Waals surface area contributed by atoms with Gasteiger partial charge in [0.05, 0.1) is 11.3 Å². The van der Waals surface area contributed by atoms with Crippen LogP contribution in [0.4, 0.5) is 5.82 Å². The summed E-state index contributed by atoms with van der Waals surface area (Å²) in [6, 6.07) is 5.45. The van der Waals surface area contributed by atoms with E-state index in [2.05, 4.69) is 23.7 Å². The van der Waals surface area contributed by atoms with Gasteiger partial charge in [0.1, 0.15) is 11.9 Å². The van der Waals surface area contributed by atoms with E-state index in [1.807, 2.05) is 0 Å². The van der Waals surface area contributed by atoms with E-state index >= 15 is 0 Å². The second kappa shape index (κ2) is 4.14. The maximum absolute atomic E-state index is 11.6. The van der Waals surface area contributed by atoms with Gasteiger partial charge in [0, 0.05) is 18.2 Å². The number of carbonyl (C=O) groups excluding carboxylic acids is 1. The van der Waals surface area contributed by atoms with E-state index < -0.39 is 0 Å². The molecule has 0 aliphatic carbocycles. The minimum Gasteiger partial charge on any atom is -0.296 e.